The molecule has 0 unspecified atom stereocenters. The first kappa shape index (κ1) is 13.6. The number of hydrogen-bond donors (Lipinski definition) is 3. The van der Waals surface area contributed by atoms with Gasteiger partial charge in [0.2, 0.25) is 0 Å². The lowest BCUT2D eigenvalue weighted by Crippen LogP contribution is -2.49. The Bertz CT molecular complexity index is 570. The number of rotatable bonds is 5. The van der Waals surface area contributed by atoms with Gasteiger partial charge >= 0.3 is 0 Å². The molecule has 2 aromatic rings. The van der Waals surface area contributed by atoms with Crippen LogP contribution in [0.4, 0.5) is 0 Å². The lowest BCUT2D eigenvalue weighted by atomic mass is 9.94. The molecule has 4 nitrogen and oxygen atoms in total. The highest BCUT2D eigenvalue weighted by atomic mass is 16.1. The molecule has 0 radical (unpaired) electrons. The van der Waals surface area contributed by atoms with Gasteiger partial charge in [0.25, 0.3) is 5.91 Å². The summed E-state index contributed by atoms with van der Waals surface area (Å²) in [6, 6.07) is 7.59. The highest BCUT2D eigenvalue weighted by molar-refractivity contribution is 6.06. The third-order valence-electron chi connectivity index (χ3n) is 3.85. The van der Waals surface area contributed by atoms with E-state index in [1.165, 1.54) is 0 Å². The molecular formula is C15H21N3O. The lowest BCUT2D eigenvalue weighted by molar-refractivity contribution is 0.0944. The van der Waals surface area contributed by atoms with Crippen molar-refractivity contribution in [2.45, 2.75) is 32.2 Å². The number of nitrogens with two attached hydrogens (primary N) is 1. The van der Waals surface area contributed by atoms with Crippen molar-refractivity contribution in [2.24, 2.45) is 5.73 Å². The van der Waals surface area contributed by atoms with Crippen LogP contribution < -0.4 is 11.1 Å². The van der Waals surface area contributed by atoms with E-state index >= 15 is 0 Å². The van der Waals surface area contributed by atoms with Gasteiger partial charge in [0.05, 0.1) is 0 Å². The molecule has 4 heteroatoms. The Morgan fingerprint density at radius 2 is 2.05 bits per heavy atom. The van der Waals surface area contributed by atoms with Crippen molar-refractivity contribution < 1.29 is 4.79 Å². The summed E-state index contributed by atoms with van der Waals surface area (Å²) >= 11 is 0. The minimum absolute atomic E-state index is 0.0677. The lowest BCUT2D eigenvalue weighted by Gasteiger charge is -2.26. The van der Waals surface area contributed by atoms with Crippen LogP contribution in [0.5, 0.6) is 0 Å². The maximum Gasteiger partial charge on any atom is 0.252 e. The molecule has 2 rings (SSSR count). The fourth-order valence-corrected chi connectivity index (χ4v) is 2.13. The smallest absolute Gasteiger partial charge is 0.252 e. The summed E-state index contributed by atoms with van der Waals surface area (Å²) < 4.78 is 0. The summed E-state index contributed by atoms with van der Waals surface area (Å²) in [5.41, 5.74) is 7.54. The molecule has 0 fully saturated rings. The highest BCUT2D eigenvalue weighted by Crippen LogP contribution is 2.17. The molecule has 4 N–H and O–H groups in total. The molecule has 0 saturated heterocycles. The third-order valence-corrected chi connectivity index (χ3v) is 3.85. The van der Waals surface area contributed by atoms with Crippen molar-refractivity contribution in [3.63, 3.8) is 0 Å². The predicted molar refractivity (Wildman–Crippen MR) is 78.1 cm³/mol. The minimum Gasteiger partial charge on any atom is -0.361 e. The molecule has 102 valence electrons. The fourth-order valence-electron chi connectivity index (χ4n) is 2.13. The summed E-state index contributed by atoms with van der Waals surface area (Å²) in [6.07, 6.45) is 3.53. The largest absolute Gasteiger partial charge is 0.361 e. The second-order valence-corrected chi connectivity index (χ2v) is 5.00. The van der Waals surface area contributed by atoms with Crippen LogP contribution in [0.25, 0.3) is 10.9 Å². The van der Waals surface area contributed by atoms with Gasteiger partial charge < -0.3 is 16.0 Å². The molecule has 0 bridgehead atoms. The Morgan fingerprint density at radius 1 is 1.32 bits per heavy atom. The second kappa shape index (κ2) is 5.45. The summed E-state index contributed by atoms with van der Waals surface area (Å²) in [4.78, 5) is 15.4. The quantitative estimate of drug-likeness (QED) is 0.771. The SMILES string of the molecule is CCC(N)(CC)CNC(=O)c1cccc2[nH]ccc12. The molecule has 1 amide bonds. The van der Waals surface area contributed by atoms with Gasteiger partial charge in [-0.2, -0.15) is 0 Å². The Labute approximate surface area is 113 Å². The Morgan fingerprint density at radius 3 is 2.74 bits per heavy atom. The zero-order valence-corrected chi connectivity index (χ0v) is 11.5. The zero-order chi connectivity index (χ0) is 13.9. The van der Waals surface area contributed by atoms with Gasteiger partial charge in [-0.05, 0) is 31.0 Å². The average Bonchev–Trinajstić information content (AvgIpc) is 2.92. The van der Waals surface area contributed by atoms with Gasteiger partial charge in [0.1, 0.15) is 0 Å². The van der Waals surface area contributed by atoms with Gasteiger partial charge in [0, 0.05) is 34.7 Å². The van der Waals surface area contributed by atoms with E-state index in [1.807, 2.05) is 44.3 Å². The van der Waals surface area contributed by atoms with Gasteiger partial charge in [-0.15, -0.1) is 0 Å². The molecule has 0 spiro atoms. The molecule has 0 atom stereocenters. The number of fused-ring (bicyclic) bond motifs is 1. The number of H-pyrrole nitrogens is 1. The predicted octanol–water partition coefficient (Wildman–Crippen LogP) is 2.42. The summed E-state index contributed by atoms with van der Waals surface area (Å²) in [5.74, 6) is -0.0677. The Hall–Kier alpha value is -1.81. The van der Waals surface area contributed by atoms with E-state index in [1.54, 1.807) is 0 Å². The van der Waals surface area contributed by atoms with Crippen molar-refractivity contribution in [1.82, 2.24) is 10.3 Å². The highest BCUT2D eigenvalue weighted by Gasteiger charge is 2.21. The number of carbonyl (C=O) groups excluding carboxylic acids is 1. The summed E-state index contributed by atoms with van der Waals surface area (Å²) in [7, 11) is 0. The van der Waals surface area contributed by atoms with Crippen LogP contribution in [0.2, 0.25) is 0 Å². The first-order valence-electron chi connectivity index (χ1n) is 6.73. The van der Waals surface area contributed by atoms with Crippen LogP contribution in [0.1, 0.15) is 37.0 Å². The number of hydrogen-bond acceptors (Lipinski definition) is 2. The van der Waals surface area contributed by atoms with E-state index in [0.717, 1.165) is 23.7 Å². The van der Waals surface area contributed by atoms with Crippen LogP contribution >= 0.6 is 0 Å². The van der Waals surface area contributed by atoms with Crippen LogP contribution in [-0.2, 0) is 0 Å². The van der Waals surface area contributed by atoms with Crippen LogP contribution in [0.15, 0.2) is 30.5 Å². The molecular weight excluding hydrogens is 238 g/mol. The fraction of sp³-hybridized carbons (Fsp3) is 0.400. The molecule has 19 heavy (non-hydrogen) atoms. The van der Waals surface area contributed by atoms with E-state index in [2.05, 4.69) is 10.3 Å². The zero-order valence-electron chi connectivity index (χ0n) is 11.5. The van der Waals surface area contributed by atoms with E-state index in [-0.39, 0.29) is 11.4 Å². The van der Waals surface area contributed by atoms with Gasteiger partial charge in [-0.25, -0.2) is 0 Å². The maximum atomic E-state index is 12.3. The van der Waals surface area contributed by atoms with Crippen molar-refractivity contribution in [1.29, 1.82) is 0 Å². The minimum atomic E-state index is -0.318. The van der Waals surface area contributed by atoms with Gasteiger partial charge in [-0.1, -0.05) is 19.9 Å². The van der Waals surface area contributed by atoms with Crippen molar-refractivity contribution in [3.05, 3.63) is 36.0 Å². The molecule has 0 aliphatic heterocycles. The van der Waals surface area contributed by atoms with E-state index in [4.69, 9.17) is 5.73 Å². The number of carbonyl (C=O) groups is 1. The van der Waals surface area contributed by atoms with Crippen molar-refractivity contribution in [2.75, 3.05) is 6.54 Å². The number of amides is 1. The van der Waals surface area contributed by atoms with E-state index in [0.29, 0.717) is 12.1 Å². The molecule has 1 aromatic carbocycles. The number of benzene rings is 1. The second-order valence-electron chi connectivity index (χ2n) is 5.00. The average molecular weight is 259 g/mol. The molecule has 0 aliphatic carbocycles. The number of aromatic amines is 1. The van der Waals surface area contributed by atoms with Crippen molar-refractivity contribution >= 4 is 16.8 Å². The Kier molecular flexibility index (Phi) is 3.90. The molecule has 1 heterocycles. The van der Waals surface area contributed by atoms with E-state index < -0.39 is 0 Å². The Balaban J connectivity index is 2.14. The first-order valence-corrected chi connectivity index (χ1v) is 6.73. The van der Waals surface area contributed by atoms with Crippen LogP contribution in [0, 0.1) is 0 Å². The van der Waals surface area contributed by atoms with Gasteiger partial charge in [0.15, 0.2) is 0 Å². The molecule has 0 aliphatic rings. The monoisotopic (exact) mass is 259 g/mol. The molecule has 0 saturated carbocycles. The number of aromatic nitrogens is 1. The van der Waals surface area contributed by atoms with E-state index in [9.17, 15) is 4.79 Å². The van der Waals surface area contributed by atoms with Crippen molar-refractivity contribution in [3.8, 4) is 0 Å². The topological polar surface area (TPSA) is 70.9 Å². The third kappa shape index (κ3) is 2.79. The van der Waals surface area contributed by atoms with Crippen LogP contribution in [0.3, 0.4) is 0 Å². The first-order chi connectivity index (χ1) is 9.09. The van der Waals surface area contributed by atoms with Crippen LogP contribution in [-0.4, -0.2) is 23.0 Å². The summed E-state index contributed by atoms with van der Waals surface area (Å²) in [6.45, 7) is 4.59. The van der Waals surface area contributed by atoms with Gasteiger partial charge in [-0.3, -0.25) is 4.79 Å². The number of nitrogens with one attached hydrogen (secondary N) is 2. The maximum absolute atomic E-state index is 12.3. The normalized spacial score (nSPS) is 11.7. The standard InChI is InChI=1S/C15H21N3O/c1-3-15(16,4-2)10-18-14(19)12-6-5-7-13-11(12)8-9-17-13/h5-9,17H,3-4,10,16H2,1-2H3,(H,18,19). The summed E-state index contributed by atoms with van der Waals surface area (Å²) in [5, 5.41) is 3.89. The molecule has 1 aromatic heterocycles.